The van der Waals surface area contributed by atoms with Crippen molar-refractivity contribution in [3.63, 3.8) is 0 Å². The van der Waals surface area contributed by atoms with Gasteiger partial charge in [0.15, 0.2) is 0 Å². The Kier molecular flexibility index (Phi) is 3.63. The van der Waals surface area contributed by atoms with Gasteiger partial charge in [0, 0.05) is 25.5 Å². The van der Waals surface area contributed by atoms with E-state index in [1.807, 2.05) is 0 Å². The third-order valence-electron chi connectivity index (χ3n) is 3.02. The van der Waals surface area contributed by atoms with Crippen LogP contribution in [0.1, 0.15) is 25.7 Å². The summed E-state index contributed by atoms with van der Waals surface area (Å²) in [6.45, 7) is 0. The van der Waals surface area contributed by atoms with Gasteiger partial charge in [-0.1, -0.05) is 12.8 Å². The van der Waals surface area contributed by atoms with Gasteiger partial charge in [-0.05, 0) is 18.9 Å². The largest absolute Gasteiger partial charge is 0.387 e. The van der Waals surface area contributed by atoms with Gasteiger partial charge in [0.05, 0.1) is 5.69 Å². The van der Waals surface area contributed by atoms with Gasteiger partial charge in [0.2, 0.25) is 10.0 Å². The van der Waals surface area contributed by atoms with Gasteiger partial charge in [-0.2, -0.15) is 0 Å². The molecular weight excluding hydrogens is 238 g/mol. The number of rotatable bonds is 4. The van der Waals surface area contributed by atoms with E-state index in [1.165, 1.54) is 6.20 Å². The zero-order chi connectivity index (χ0) is 12.3. The van der Waals surface area contributed by atoms with Crippen LogP contribution in [0.5, 0.6) is 0 Å². The maximum atomic E-state index is 12.2. The van der Waals surface area contributed by atoms with E-state index in [4.69, 9.17) is 0 Å². The summed E-state index contributed by atoms with van der Waals surface area (Å²) in [6.07, 6.45) is 6.99. The van der Waals surface area contributed by atoms with Gasteiger partial charge < -0.3 is 5.32 Å². The van der Waals surface area contributed by atoms with Crippen molar-refractivity contribution >= 4 is 15.7 Å². The number of nitrogens with zero attached hydrogens (tertiary/aromatic N) is 1. The zero-order valence-electron chi connectivity index (χ0n) is 9.81. The maximum absolute atomic E-state index is 12.2. The summed E-state index contributed by atoms with van der Waals surface area (Å²) in [4.78, 5) is 4.09. The molecule has 0 unspecified atom stereocenters. The molecule has 0 saturated heterocycles. The molecule has 1 heterocycles. The number of hydrogen-bond donors (Lipinski definition) is 2. The molecule has 1 fully saturated rings. The second kappa shape index (κ2) is 5.01. The van der Waals surface area contributed by atoms with Gasteiger partial charge in [0.1, 0.15) is 4.90 Å². The Morgan fingerprint density at radius 1 is 1.35 bits per heavy atom. The van der Waals surface area contributed by atoms with Crippen LogP contribution in [-0.2, 0) is 10.0 Å². The highest BCUT2D eigenvalue weighted by Gasteiger charge is 2.24. The van der Waals surface area contributed by atoms with Crippen molar-refractivity contribution in [2.75, 3.05) is 12.4 Å². The smallest absolute Gasteiger partial charge is 0.244 e. The summed E-state index contributed by atoms with van der Waals surface area (Å²) in [5.74, 6) is 0. The first-order valence-corrected chi connectivity index (χ1v) is 7.26. The molecule has 0 spiro atoms. The Bertz CT molecular complexity index is 481. The number of pyridine rings is 1. The number of sulfonamides is 1. The van der Waals surface area contributed by atoms with Crippen LogP contribution in [0.3, 0.4) is 0 Å². The monoisotopic (exact) mass is 255 g/mol. The highest BCUT2D eigenvalue weighted by atomic mass is 32.2. The first-order valence-electron chi connectivity index (χ1n) is 5.77. The molecule has 2 rings (SSSR count). The summed E-state index contributed by atoms with van der Waals surface area (Å²) in [5.41, 5.74) is 0.575. The van der Waals surface area contributed by atoms with Gasteiger partial charge in [-0.25, -0.2) is 13.1 Å². The molecule has 17 heavy (non-hydrogen) atoms. The van der Waals surface area contributed by atoms with E-state index in [0.717, 1.165) is 25.7 Å². The normalized spacial score (nSPS) is 17.2. The van der Waals surface area contributed by atoms with E-state index in [-0.39, 0.29) is 10.9 Å². The number of nitrogens with one attached hydrogen (secondary N) is 2. The third kappa shape index (κ3) is 2.76. The van der Waals surface area contributed by atoms with E-state index >= 15 is 0 Å². The maximum Gasteiger partial charge on any atom is 0.244 e. The summed E-state index contributed by atoms with van der Waals surface area (Å²) in [7, 11) is -1.76. The van der Waals surface area contributed by atoms with Crippen molar-refractivity contribution < 1.29 is 8.42 Å². The molecule has 6 heteroatoms. The Labute approximate surface area is 102 Å². The van der Waals surface area contributed by atoms with Crippen LogP contribution >= 0.6 is 0 Å². The van der Waals surface area contributed by atoms with Crippen molar-refractivity contribution in [2.45, 2.75) is 36.6 Å². The SMILES string of the molecule is CNc1ccncc1S(=O)(=O)NC1CCCC1. The van der Waals surface area contributed by atoms with Crippen molar-refractivity contribution in [1.82, 2.24) is 9.71 Å². The van der Waals surface area contributed by atoms with Crippen molar-refractivity contribution in [2.24, 2.45) is 0 Å². The minimum absolute atomic E-state index is 0.0740. The van der Waals surface area contributed by atoms with Gasteiger partial charge in [-0.3, -0.25) is 4.98 Å². The standard InChI is InChI=1S/C11H17N3O2S/c1-12-10-6-7-13-8-11(10)17(15,16)14-9-4-2-3-5-9/h6-9,14H,2-5H2,1H3,(H,12,13). The lowest BCUT2D eigenvalue weighted by Gasteiger charge is -2.14. The average Bonchev–Trinajstić information content (AvgIpc) is 2.81. The highest BCUT2D eigenvalue weighted by Crippen LogP contribution is 2.23. The first-order chi connectivity index (χ1) is 8.13. The molecule has 0 aromatic carbocycles. The van der Waals surface area contributed by atoms with Gasteiger partial charge in [0.25, 0.3) is 0 Å². The van der Waals surface area contributed by atoms with Crippen LogP contribution in [0.15, 0.2) is 23.4 Å². The number of anilines is 1. The Balaban J connectivity index is 2.24. The molecule has 1 aromatic heterocycles. The van der Waals surface area contributed by atoms with E-state index in [1.54, 1.807) is 19.3 Å². The van der Waals surface area contributed by atoms with Crippen LogP contribution in [0.25, 0.3) is 0 Å². The summed E-state index contributed by atoms with van der Waals surface area (Å²) in [6, 6.07) is 1.73. The molecule has 5 nitrogen and oxygen atoms in total. The molecule has 1 aliphatic rings. The molecular formula is C11H17N3O2S. The fourth-order valence-electron chi connectivity index (χ4n) is 2.13. The molecule has 0 aliphatic heterocycles. The van der Waals surface area contributed by atoms with Crippen LogP contribution in [0, 0.1) is 0 Å². The Morgan fingerprint density at radius 2 is 2.06 bits per heavy atom. The Morgan fingerprint density at radius 3 is 2.71 bits per heavy atom. The second-order valence-electron chi connectivity index (χ2n) is 4.22. The topological polar surface area (TPSA) is 71.1 Å². The third-order valence-corrected chi connectivity index (χ3v) is 4.57. The lowest BCUT2D eigenvalue weighted by atomic mass is 10.3. The molecule has 0 bridgehead atoms. The van der Waals surface area contributed by atoms with Crippen LogP contribution in [0.2, 0.25) is 0 Å². The number of hydrogen-bond acceptors (Lipinski definition) is 4. The summed E-state index contributed by atoms with van der Waals surface area (Å²) >= 11 is 0. The fourth-order valence-corrected chi connectivity index (χ4v) is 3.59. The van der Waals surface area contributed by atoms with Crippen LogP contribution in [-0.4, -0.2) is 26.5 Å². The zero-order valence-corrected chi connectivity index (χ0v) is 10.6. The quantitative estimate of drug-likeness (QED) is 0.852. The molecule has 0 amide bonds. The summed E-state index contributed by atoms with van der Waals surface area (Å²) < 4.78 is 27.1. The molecule has 1 saturated carbocycles. The predicted octanol–water partition coefficient (Wildman–Crippen LogP) is 1.34. The first kappa shape index (κ1) is 12.3. The van der Waals surface area contributed by atoms with Gasteiger partial charge >= 0.3 is 0 Å². The Hall–Kier alpha value is -1.14. The minimum Gasteiger partial charge on any atom is -0.387 e. The lowest BCUT2D eigenvalue weighted by Crippen LogP contribution is -2.33. The predicted molar refractivity (Wildman–Crippen MR) is 66.4 cm³/mol. The van der Waals surface area contributed by atoms with E-state index < -0.39 is 10.0 Å². The van der Waals surface area contributed by atoms with Gasteiger partial charge in [-0.15, -0.1) is 0 Å². The van der Waals surface area contributed by atoms with Crippen molar-refractivity contribution in [3.8, 4) is 0 Å². The molecule has 2 N–H and O–H groups in total. The molecule has 0 radical (unpaired) electrons. The van der Waals surface area contributed by atoms with Crippen molar-refractivity contribution in [1.29, 1.82) is 0 Å². The minimum atomic E-state index is -3.46. The molecule has 94 valence electrons. The van der Waals surface area contributed by atoms with Crippen molar-refractivity contribution in [3.05, 3.63) is 18.5 Å². The van der Waals surface area contributed by atoms with Crippen LogP contribution < -0.4 is 10.0 Å². The summed E-state index contributed by atoms with van der Waals surface area (Å²) in [5, 5.41) is 2.87. The second-order valence-corrected chi connectivity index (χ2v) is 5.91. The van der Waals surface area contributed by atoms with Crippen LogP contribution in [0.4, 0.5) is 5.69 Å². The number of aromatic nitrogens is 1. The van der Waals surface area contributed by atoms with E-state index in [0.29, 0.717) is 5.69 Å². The van der Waals surface area contributed by atoms with E-state index in [9.17, 15) is 8.42 Å². The lowest BCUT2D eigenvalue weighted by molar-refractivity contribution is 0.552. The van der Waals surface area contributed by atoms with E-state index in [2.05, 4.69) is 15.0 Å². The molecule has 1 aromatic rings. The fraction of sp³-hybridized carbons (Fsp3) is 0.545. The average molecular weight is 255 g/mol. The highest BCUT2D eigenvalue weighted by molar-refractivity contribution is 7.89. The molecule has 0 atom stereocenters. The molecule has 1 aliphatic carbocycles.